The summed E-state index contributed by atoms with van der Waals surface area (Å²) in [6.45, 7) is 0.0876. The molecule has 0 aromatic heterocycles. The summed E-state index contributed by atoms with van der Waals surface area (Å²) in [4.78, 5) is 22.5. The number of carbonyl (C=O) groups is 2. The minimum atomic E-state index is -0.289. The number of aldehydes is 1. The predicted molar refractivity (Wildman–Crippen MR) is 83.7 cm³/mol. The van der Waals surface area contributed by atoms with E-state index in [4.69, 9.17) is 4.74 Å². The maximum absolute atomic E-state index is 11.6. The molecule has 1 N–H and O–H groups in total. The molecule has 0 fully saturated rings. The van der Waals surface area contributed by atoms with E-state index in [1.54, 1.807) is 24.3 Å². The van der Waals surface area contributed by atoms with Crippen molar-refractivity contribution in [1.82, 2.24) is 5.32 Å². The molecule has 0 saturated carbocycles. The highest BCUT2D eigenvalue weighted by molar-refractivity contribution is 5.80. The topological polar surface area (TPSA) is 55.4 Å². The largest absolute Gasteiger partial charge is 0.483 e. The summed E-state index contributed by atoms with van der Waals surface area (Å²) in [5.74, 6) is 5.90. The van der Waals surface area contributed by atoms with Crippen LogP contribution in [0.5, 0.6) is 5.75 Å². The minimum absolute atomic E-state index is 0.155. The first-order chi connectivity index (χ1) is 10.8. The van der Waals surface area contributed by atoms with Crippen molar-refractivity contribution in [3.05, 3.63) is 65.7 Å². The van der Waals surface area contributed by atoms with Gasteiger partial charge >= 0.3 is 0 Å². The van der Waals surface area contributed by atoms with Crippen molar-refractivity contribution in [2.24, 2.45) is 0 Å². The van der Waals surface area contributed by atoms with E-state index in [-0.39, 0.29) is 19.1 Å². The third kappa shape index (κ3) is 4.80. The zero-order valence-corrected chi connectivity index (χ0v) is 11.9. The second kappa shape index (κ2) is 8.28. The Kier molecular flexibility index (Phi) is 5.77. The quantitative estimate of drug-likeness (QED) is 0.678. The van der Waals surface area contributed by atoms with Crippen LogP contribution in [-0.2, 0) is 4.79 Å². The number of para-hydroxylation sites is 1. The minimum Gasteiger partial charge on any atom is -0.483 e. The zero-order chi connectivity index (χ0) is 15.6. The van der Waals surface area contributed by atoms with Crippen molar-refractivity contribution in [3.8, 4) is 17.6 Å². The van der Waals surface area contributed by atoms with Gasteiger partial charge in [-0.3, -0.25) is 9.59 Å². The first-order valence-electron chi connectivity index (χ1n) is 6.77. The van der Waals surface area contributed by atoms with Crippen LogP contribution in [0.4, 0.5) is 0 Å². The number of nitrogens with one attached hydrogen (secondary N) is 1. The van der Waals surface area contributed by atoms with E-state index in [0.717, 1.165) is 5.56 Å². The lowest BCUT2D eigenvalue weighted by molar-refractivity contribution is -0.122. The number of amides is 1. The lowest BCUT2D eigenvalue weighted by atomic mass is 10.2. The molecule has 0 heterocycles. The van der Waals surface area contributed by atoms with Gasteiger partial charge in [-0.2, -0.15) is 0 Å². The summed E-state index contributed by atoms with van der Waals surface area (Å²) in [6.07, 6.45) is 0.693. The van der Waals surface area contributed by atoms with Gasteiger partial charge in [0.25, 0.3) is 5.91 Å². The number of hydrogen-bond donors (Lipinski definition) is 1. The Labute approximate surface area is 129 Å². The van der Waals surface area contributed by atoms with Crippen LogP contribution in [0.2, 0.25) is 0 Å². The normalized spacial score (nSPS) is 9.27. The molecule has 0 saturated heterocycles. The number of ether oxygens (including phenoxy) is 1. The van der Waals surface area contributed by atoms with Crippen LogP contribution in [0.25, 0.3) is 0 Å². The maximum atomic E-state index is 11.6. The summed E-state index contributed by atoms with van der Waals surface area (Å²) in [5, 5.41) is 2.63. The Bertz CT molecular complexity index is 699. The second-order valence-corrected chi connectivity index (χ2v) is 4.39. The molecule has 22 heavy (non-hydrogen) atoms. The van der Waals surface area contributed by atoms with Gasteiger partial charge in [0.15, 0.2) is 12.9 Å². The molecule has 0 bridgehead atoms. The molecule has 0 unspecified atom stereocenters. The third-order valence-electron chi connectivity index (χ3n) is 2.79. The van der Waals surface area contributed by atoms with E-state index < -0.39 is 0 Å². The number of benzene rings is 2. The van der Waals surface area contributed by atoms with Crippen LogP contribution in [0.1, 0.15) is 15.9 Å². The molecule has 0 aliphatic rings. The fourth-order valence-electron chi connectivity index (χ4n) is 1.71. The molecule has 0 spiro atoms. The van der Waals surface area contributed by atoms with Crippen molar-refractivity contribution in [3.63, 3.8) is 0 Å². The molecule has 2 aromatic carbocycles. The average Bonchev–Trinajstić information content (AvgIpc) is 2.58. The van der Waals surface area contributed by atoms with Gasteiger partial charge < -0.3 is 10.1 Å². The van der Waals surface area contributed by atoms with Gasteiger partial charge in [-0.15, -0.1) is 0 Å². The van der Waals surface area contributed by atoms with Crippen molar-refractivity contribution in [1.29, 1.82) is 0 Å². The van der Waals surface area contributed by atoms with Gasteiger partial charge in [-0.25, -0.2) is 0 Å². The summed E-state index contributed by atoms with van der Waals surface area (Å²) < 4.78 is 5.31. The highest BCUT2D eigenvalue weighted by Gasteiger charge is 2.04. The lowest BCUT2D eigenvalue weighted by Gasteiger charge is -2.07. The molecule has 0 radical (unpaired) electrons. The van der Waals surface area contributed by atoms with Crippen LogP contribution >= 0.6 is 0 Å². The Balaban J connectivity index is 1.77. The van der Waals surface area contributed by atoms with Crippen molar-refractivity contribution >= 4 is 12.2 Å². The van der Waals surface area contributed by atoms with Crippen molar-refractivity contribution in [2.45, 2.75) is 0 Å². The summed E-state index contributed by atoms with van der Waals surface area (Å²) >= 11 is 0. The van der Waals surface area contributed by atoms with E-state index in [2.05, 4.69) is 17.2 Å². The summed E-state index contributed by atoms with van der Waals surface area (Å²) in [7, 11) is 0. The molecule has 2 aromatic rings. The molecular formula is C18H15NO3. The standard InChI is InChI=1S/C18H15NO3/c20-13-16-10-4-5-11-17(16)22-14-18(21)19-12-6-9-15-7-2-1-3-8-15/h1-5,7-8,10-11,13H,12,14H2,(H,19,21). The monoisotopic (exact) mass is 293 g/mol. The first kappa shape index (κ1) is 15.3. The SMILES string of the molecule is O=Cc1ccccc1OCC(=O)NCC#Cc1ccccc1. The van der Waals surface area contributed by atoms with E-state index >= 15 is 0 Å². The molecule has 0 aliphatic carbocycles. The van der Waals surface area contributed by atoms with E-state index in [1.807, 2.05) is 30.3 Å². The average molecular weight is 293 g/mol. The summed E-state index contributed by atoms with van der Waals surface area (Å²) in [6, 6.07) is 16.3. The molecule has 4 nitrogen and oxygen atoms in total. The van der Waals surface area contributed by atoms with Gasteiger partial charge in [0.05, 0.1) is 12.1 Å². The predicted octanol–water partition coefficient (Wildman–Crippen LogP) is 2.05. The Morgan fingerprint density at radius 3 is 2.59 bits per heavy atom. The van der Waals surface area contributed by atoms with Crippen LogP contribution in [0, 0.1) is 11.8 Å². The molecule has 2 rings (SSSR count). The second-order valence-electron chi connectivity index (χ2n) is 4.39. The van der Waals surface area contributed by atoms with Crippen molar-refractivity contribution in [2.75, 3.05) is 13.2 Å². The lowest BCUT2D eigenvalue weighted by Crippen LogP contribution is -2.29. The van der Waals surface area contributed by atoms with Gasteiger partial charge in [-0.05, 0) is 24.3 Å². The van der Waals surface area contributed by atoms with Crippen LogP contribution in [-0.4, -0.2) is 25.3 Å². The van der Waals surface area contributed by atoms with Crippen molar-refractivity contribution < 1.29 is 14.3 Å². The number of rotatable bonds is 5. The summed E-state index contributed by atoms with van der Waals surface area (Å²) in [5.41, 5.74) is 1.31. The van der Waals surface area contributed by atoms with Crippen LogP contribution < -0.4 is 10.1 Å². The van der Waals surface area contributed by atoms with Gasteiger partial charge in [0, 0.05) is 5.56 Å². The number of hydrogen-bond acceptors (Lipinski definition) is 3. The van der Waals surface area contributed by atoms with Gasteiger partial charge in [0.2, 0.25) is 0 Å². The fraction of sp³-hybridized carbons (Fsp3) is 0.111. The third-order valence-corrected chi connectivity index (χ3v) is 2.79. The molecule has 1 amide bonds. The van der Waals surface area contributed by atoms with Gasteiger partial charge in [0.1, 0.15) is 5.75 Å². The molecule has 110 valence electrons. The van der Waals surface area contributed by atoms with E-state index in [0.29, 0.717) is 17.6 Å². The zero-order valence-electron chi connectivity index (χ0n) is 11.9. The molecule has 4 heteroatoms. The Morgan fingerprint density at radius 2 is 1.82 bits per heavy atom. The molecule has 0 atom stereocenters. The van der Waals surface area contributed by atoms with Crippen LogP contribution in [0.15, 0.2) is 54.6 Å². The van der Waals surface area contributed by atoms with E-state index in [1.165, 1.54) is 0 Å². The smallest absolute Gasteiger partial charge is 0.258 e. The first-order valence-corrected chi connectivity index (χ1v) is 6.77. The van der Waals surface area contributed by atoms with E-state index in [9.17, 15) is 9.59 Å². The molecule has 0 aliphatic heterocycles. The fourth-order valence-corrected chi connectivity index (χ4v) is 1.71. The molecular weight excluding hydrogens is 278 g/mol. The Hall–Kier alpha value is -3.06. The van der Waals surface area contributed by atoms with Gasteiger partial charge in [-0.1, -0.05) is 42.2 Å². The Morgan fingerprint density at radius 1 is 1.09 bits per heavy atom. The van der Waals surface area contributed by atoms with Crippen LogP contribution in [0.3, 0.4) is 0 Å². The number of carbonyl (C=O) groups excluding carboxylic acids is 2. The highest BCUT2D eigenvalue weighted by Crippen LogP contribution is 2.15. The maximum Gasteiger partial charge on any atom is 0.258 e. The highest BCUT2D eigenvalue weighted by atomic mass is 16.5.